The monoisotopic (exact) mass is 670 g/mol. The third kappa shape index (κ3) is 7.07. The molecule has 0 amide bonds. The van der Waals surface area contributed by atoms with E-state index in [1.165, 1.54) is 6.92 Å². The van der Waals surface area contributed by atoms with Gasteiger partial charge in [0.2, 0.25) is 0 Å². The summed E-state index contributed by atoms with van der Waals surface area (Å²) in [6.07, 6.45) is -2.34. The zero-order valence-corrected chi connectivity index (χ0v) is 27.8. The van der Waals surface area contributed by atoms with Crippen molar-refractivity contribution in [3.63, 3.8) is 0 Å². The van der Waals surface area contributed by atoms with Crippen LogP contribution in [-0.2, 0) is 33.3 Å². The van der Waals surface area contributed by atoms with Crippen molar-refractivity contribution in [3.8, 4) is 5.75 Å². The molecule has 242 valence electrons. The Kier molecular flexibility index (Phi) is 10.3. The van der Waals surface area contributed by atoms with Gasteiger partial charge in [-0.1, -0.05) is 40.7 Å². The second-order valence-electron chi connectivity index (χ2n) is 13.5. The molecule has 10 nitrogen and oxygen atoms in total. The molecule has 1 aromatic carbocycles. The average molecular weight is 672 g/mol. The van der Waals surface area contributed by atoms with Gasteiger partial charge in [0.05, 0.1) is 35.6 Å². The first-order valence-electron chi connectivity index (χ1n) is 15.2. The predicted octanol–water partition coefficient (Wildman–Crippen LogP) is 5.15. The Morgan fingerprint density at radius 1 is 1.09 bits per heavy atom. The highest BCUT2D eigenvalue weighted by Gasteiger charge is 2.64. The zero-order chi connectivity index (χ0) is 31.9. The third-order valence-electron chi connectivity index (χ3n) is 9.80. The number of halogens is 1. The number of phenols is 1. The molecule has 4 rings (SSSR count). The summed E-state index contributed by atoms with van der Waals surface area (Å²) in [5.74, 6) is -5.19. The van der Waals surface area contributed by atoms with Crippen molar-refractivity contribution in [2.45, 2.75) is 122 Å². The fourth-order valence-corrected chi connectivity index (χ4v) is 7.22. The molecule has 3 saturated heterocycles. The van der Waals surface area contributed by atoms with E-state index < -0.39 is 65.7 Å². The molecule has 0 radical (unpaired) electrons. The first-order chi connectivity index (χ1) is 20.0. The fraction of sp³-hybridized carbons (Fsp3) is 0.750. The lowest BCUT2D eigenvalue weighted by molar-refractivity contribution is -0.452. The minimum Gasteiger partial charge on any atom is -0.507 e. The molecule has 3 aliphatic rings. The van der Waals surface area contributed by atoms with Gasteiger partial charge in [-0.2, -0.15) is 0 Å². The number of aliphatic hydroxyl groups is 2. The van der Waals surface area contributed by atoms with Crippen LogP contribution >= 0.6 is 15.9 Å². The topological polar surface area (TPSA) is 141 Å². The maximum absolute atomic E-state index is 13.2. The molecule has 0 aromatic heterocycles. The van der Waals surface area contributed by atoms with Crippen LogP contribution in [0, 0.1) is 23.2 Å². The molecule has 10 atom stereocenters. The highest BCUT2D eigenvalue weighted by Crippen LogP contribution is 2.57. The molecule has 3 fully saturated rings. The van der Waals surface area contributed by atoms with Crippen LogP contribution in [0.1, 0.15) is 91.7 Å². The normalized spacial score (nSPS) is 36.7. The van der Waals surface area contributed by atoms with Crippen molar-refractivity contribution in [1.82, 2.24) is 0 Å². The number of benzene rings is 1. The van der Waals surface area contributed by atoms with Gasteiger partial charge in [-0.25, -0.2) is 0 Å². The number of phenolic OH excluding ortho intramolecular Hbond substituents is 1. The summed E-state index contributed by atoms with van der Waals surface area (Å²) in [4.78, 5) is 26.1. The number of fused-ring (bicyclic) bond motifs is 2. The number of hydrogen-bond donors (Lipinski definition) is 3. The first kappa shape index (κ1) is 34.1. The Hall–Kier alpha value is -1.76. The fourth-order valence-electron chi connectivity index (χ4n) is 6.98. The van der Waals surface area contributed by atoms with Crippen LogP contribution < -0.4 is 0 Å². The molecule has 0 aliphatic carbocycles. The number of carbonyl (C=O) groups excluding carboxylic acids is 2. The molecule has 0 saturated carbocycles. The molecule has 43 heavy (non-hydrogen) atoms. The van der Waals surface area contributed by atoms with Crippen molar-refractivity contribution in [3.05, 3.63) is 28.2 Å². The summed E-state index contributed by atoms with van der Waals surface area (Å²) in [5, 5.41) is 32.2. The average Bonchev–Trinajstić information content (AvgIpc) is 2.90. The molecule has 3 bridgehead atoms. The molecule has 3 aliphatic heterocycles. The van der Waals surface area contributed by atoms with E-state index in [0.717, 1.165) is 5.56 Å². The number of aliphatic hydroxyl groups excluding tert-OH is 1. The van der Waals surface area contributed by atoms with Crippen molar-refractivity contribution >= 4 is 27.9 Å². The van der Waals surface area contributed by atoms with Crippen LogP contribution in [-0.4, -0.2) is 70.4 Å². The minimum atomic E-state index is -1.89. The summed E-state index contributed by atoms with van der Waals surface area (Å²) in [6.45, 7) is 11.3. The molecule has 11 heteroatoms. The van der Waals surface area contributed by atoms with Gasteiger partial charge in [-0.3, -0.25) is 9.59 Å². The summed E-state index contributed by atoms with van der Waals surface area (Å²) in [6, 6.07) is 5.37. The van der Waals surface area contributed by atoms with Gasteiger partial charge in [-0.05, 0) is 65.7 Å². The minimum absolute atomic E-state index is 0.0509. The van der Waals surface area contributed by atoms with E-state index in [2.05, 4.69) is 22.9 Å². The molecule has 1 aromatic rings. The number of aromatic hydroxyl groups is 1. The molecule has 1 spiro atoms. The number of rotatable bonds is 7. The second-order valence-corrected chi connectivity index (χ2v) is 14.4. The lowest BCUT2D eigenvalue weighted by Crippen LogP contribution is -2.68. The second kappa shape index (κ2) is 12.9. The van der Waals surface area contributed by atoms with Gasteiger partial charge in [0.15, 0.2) is 11.6 Å². The molecular weight excluding hydrogens is 624 g/mol. The van der Waals surface area contributed by atoms with Gasteiger partial charge in [0, 0.05) is 30.8 Å². The maximum atomic E-state index is 13.2. The Morgan fingerprint density at radius 2 is 1.79 bits per heavy atom. The van der Waals surface area contributed by atoms with Gasteiger partial charge in [-0.15, -0.1) is 0 Å². The quantitative estimate of drug-likeness (QED) is 0.334. The van der Waals surface area contributed by atoms with E-state index in [9.17, 15) is 24.9 Å². The van der Waals surface area contributed by atoms with Crippen LogP contribution in [0.4, 0.5) is 0 Å². The zero-order valence-electron chi connectivity index (χ0n) is 26.2. The van der Waals surface area contributed by atoms with E-state index >= 15 is 0 Å². The van der Waals surface area contributed by atoms with E-state index in [1.54, 1.807) is 19.2 Å². The van der Waals surface area contributed by atoms with Gasteiger partial charge < -0.3 is 39.0 Å². The van der Waals surface area contributed by atoms with Crippen LogP contribution in [0.3, 0.4) is 0 Å². The van der Waals surface area contributed by atoms with Crippen molar-refractivity contribution in [2.24, 2.45) is 23.2 Å². The van der Waals surface area contributed by atoms with E-state index in [0.29, 0.717) is 23.7 Å². The number of ether oxygens (including phenoxy) is 5. The summed E-state index contributed by atoms with van der Waals surface area (Å²) < 4.78 is 31.3. The number of esters is 2. The van der Waals surface area contributed by atoms with Gasteiger partial charge >= 0.3 is 11.9 Å². The lowest BCUT2D eigenvalue weighted by Gasteiger charge is -2.61. The SMILES string of the molecule is COC(CCC(C)C1OC23CC(OC(=O)CC(C(C)O)OC(=O)CC(O)(O2)C(C)CC3(C)C)C1C)c1ccc(Br)c(O)c1. The Morgan fingerprint density at radius 3 is 2.42 bits per heavy atom. The maximum Gasteiger partial charge on any atom is 0.311 e. The summed E-state index contributed by atoms with van der Waals surface area (Å²) >= 11 is 3.32. The van der Waals surface area contributed by atoms with Gasteiger partial charge in [0.25, 0.3) is 0 Å². The lowest BCUT2D eigenvalue weighted by atomic mass is 9.66. The summed E-state index contributed by atoms with van der Waals surface area (Å²) in [5.41, 5.74) is 0.239. The molecular formula is C32H47BrO10. The summed E-state index contributed by atoms with van der Waals surface area (Å²) in [7, 11) is 1.63. The molecule has 10 unspecified atom stereocenters. The van der Waals surface area contributed by atoms with Crippen molar-refractivity contribution in [2.75, 3.05) is 7.11 Å². The molecule has 3 N–H and O–H groups in total. The van der Waals surface area contributed by atoms with Gasteiger partial charge in [0.1, 0.15) is 18.0 Å². The van der Waals surface area contributed by atoms with Crippen molar-refractivity contribution in [1.29, 1.82) is 0 Å². The van der Waals surface area contributed by atoms with E-state index in [4.69, 9.17) is 23.7 Å². The number of carbonyl (C=O) groups is 2. The highest BCUT2D eigenvalue weighted by atomic mass is 79.9. The number of hydrogen-bond acceptors (Lipinski definition) is 10. The van der Waals surface area contributed by atoms with Crippen LogP contribution in [0.25, 0.3) is 0 Å². The van der Waals surface area contributed by atoms with Crippen LogP contribution in [0.15, 0.2) is 22.7 Å². The standard InChI is InChI=1S/C32H47BrO10/c1-17(8-11-24(39-7)21-9-10-22(33)23(35)12-21)29-19(3)26-15-32(42-29)30(5,6)14-18(2)31(38,43-32)16-28(37)40-25(20(4)34)13-27(36)41-26/h9-10,12,17-20,24-26,29,34-35,38H,8,11,13-16H2,1-7H3. The smallest absolute Gasteiger partial charge is 0.311 e. The predicted molar refractivity (Wildman–Crippen MR) is 160 cm³/mol. The third-order valence-corrected chi connectivity index (χ3v) is 10.5. The van der Waals surface area contributed by atoms with Crippen molar-refractivity contribution < 1.29 is 48.6 Å². The van der Waals surface area contributed by atoms with Crippen LogP contribution in [0.2, 0.25) is 0 Å². The Balaban J connectivity index is 1.66. The Bertz CT molecular complexity index is 1170. The molecule has 3 heterocycles. The van der Waals surface area contributed by atoms with E-state index in [-0.39, 0.29) is 36.5 Å². The highest BCUT2D eigenvalue weighted by molar-refractivity contribution is 9.10. The first-order valence-corrected chi connectivity index (χ1v) is 16.0. The Labute approximate surface area is 262 Å². The van der Waals surface area contributed by atoms with E-state index in [1.807, 2.05) is 33.8 Å². The van der Waals surface area contributed by atoms with Crippen LogP contribution in [0.5, 0.6) is 5.75 Å². The number of methoxy groups -OCH3 is 1. The largest absolute Gasteiger partial charge is 0.507 e. The number of cyclic esters (lactones) is 1.